The van der Waals surface area contributed by atoms with Gasteiger partial charge in [-0.15, -0.1) is 19.7 Å². The molecule has 2 saturated heterocycles. The van der Waals surface area contributed by atoms with Gasteiger partial charge < -0.3 is 10.1 Å². The molecular weight excluding hydrogens is 378 g/mol. The molecule has 10 nitrogen and oxygen atoms in total. The zero-order valence-corrected chi connectivity index (χ0v) is 16.6. The molecule has 5 amide bonds. The van der Waals surface area contributed by atoms with Gasteiger partial charge in [0.05, 0.1) is 13.5 Å². The van der Waals surface area contributed by atoms with Crippen LogP contribution in [-0.2, 0) is 14.3 Å². The zero-order valence-electron chi connectivity index (χ0n) is 16.6. The van der Waals surface area contributed by atoms with Gasteiger partial charge in [0.25, 0.3) is 11.7 Å². The highest BCUT2D eigenvalue weighted by atomic mass is 16.5. The fourth-order valence-corrected chi connectivity index (χ4v) is 3.65. The Morgan fingerprint density at radius 2 is 1.83 bits per heavy atom. The molecule has 0 aromatic heterocycles. The summed E-state index contributed by atoms with van der Waals surface area (Å²) in [4.78, 5) is 56.4. The molecule has 1 N–H and O–H groups in total. The van der Waals surface area contributed by atoms with E-state index in [0.717, 1.165) is 4.90 Å². The van der Waals surface area contributed by atoms with Crippen LogP contribution < -0.4 is 5.32 Å². The van der Waals surface area contributed by atoms with Gasteiger partial charge in [0.1, 0.15) is 0 Å². The van der Waals surface area contributed by atoms with Gasteiger partial charge >= 0.3 is 18.0 Å². The molecular formula is C19H27N5O5. The van der Waals surface area contributed by atoms with Gasteiger partial charge in [-0.1, -0.05) is 18.2 Å². The number of rotatable bonds is 9. The second-order valence-electron chi connectivity index (χ2n) is 6.46. The Morgan fingerprint density at radius 3 is 2.41 bits per heavy atom. The topological polar surface area (TPSA) is 103 Å². The molecule has 1 unspecified atom stereocenters. The number of imide groups is 1. The van der Waals surface area contributed by atoms with Crippen LogP contribution in [-0.4, -0.2) is 95.7 Å². The van der Waals surface area contributed by atoms with Crippen LogP contribution in [0.25, 0.3) is 0 Å². The first-order valence-electron chi connectivity index (χ1n) is 9.23. The number of hydrogen-bond donors (Lipinski definition) is 1. The third kappa shape index (κ3) is 3.75. The molecule has 2 fully saturated rings. The summed E-state index contributed by atoms with van der Waals surface area (Å²) in [6.45, 7) is 11.7. The molecule has 0 saturated carbocycles. The zero-order chi connectivity index (χ0) is 21.6. The Hall–Kier alpha value is -3.14. The molecule has 1 spiro atoms. The van der Waals surface area contributed by atoms with E-state index in [1.807, 2.05) is 0 Å². The van der Waals surface area contributed by atoms with E-state index in [4.69, 9.17) is 4.74 Å². The summed E-state index contributed by atoms with van der Waals surface area (Å²) in [5.74, 6) is -2.71. The summed E-state index contributed by atoms with van der Waals surface area (Å²) in [7, 11) is 1.27. The van der Waals surface area contributed by atoms with Gasteiger partial charge in [-0.05, 0) is 0 Å². The molecule has 2 rings (SSSR count). The summed E-state index contributed by atoms with van der Waals surface area (Å²) in [5, 5.41) is 2.66. The van der Waals surface area contributed by atoms with Crippen LogP contribution in [0.5, 0.6) is 0 Å². The molecule has 2 aliphatic rings. The Morgan fingerprint density at radius 1 is 1.14 bits per heavy atom. The monoisotopic (exact) mass is 405 g/mol. The lowest BCUT2D eigenvalue weighted by molar-refractivity contribution is -0.153. The van der Waals surface area contributed by atoms with E-state index in [9.17, 15) is 19.2 Å². The van der Waals surface area contributed by atoms with E-state index in [2.05, 4.69) is 25.1 Å². The number of carbonyl (C=O) groups excluding carboxylic acids is 4. The van der Waals surface area contributed by atoms with Gasteiger partial charge in [-0.3, -0.25) is 29.2 Å². The van der Waals surface area contributed by atoms with Crippen LogP contribution in [0, 0.1) is 0 Å². The minimum Gasteiger partial charge on any atom is -0.469 e. The maximum absolute atomic E-state index is 13.5. The third-order valence-corrected chi connectivity index (χ3v) is 4.86. The molecule has 0 bridgehead atoms. The van der Waals surface area contributed by atoms with E-state index in [1.54, 1.807) is 4.90 Å². The van der Waals surface area contributed by atoms with Crippen molar-refractivity contribution < 1.29 is 23.9 Å². The maximum atomic E-state index is 13.5. The number of nitrogens with one attached hydrogen (secondary N) is 1. The lowest BCUT2D eigenvalue weighted by Gasteiger charge is -2.43. The molecule has 0 aromatic carbocycles. The summed E-state index contributed by atoms with van der Waals surface area (Å²) in [6, 6.07) is -1.07. The minimum atomic E-state index is -1.69. The van der Waals surface area contributed by atoms with Crippen LogP contribution in [0.3, 0.4) is 0 Å². The van der Waals surface area contributed by atoms with Crippen molar-refractivity contribution in [3.8, 4) is 0 Å². The third-order valence-electron chi connectivity index (χ3n) is 4.86. The van der Waals surface area contributed by atoms with Crippen molar-refractivity contribution in [3.05, 3.63) is 38.0 Å². The Bertz CT molecular complexity index is 724. The molecule has 0 aromatic rings. The molecule has 2 heterocycles. The summed E-state index contributed by atoms with van der Waals surface area (Å²) in [5.41, 5.74) is 0. The van der Waals surface area contributed by atoms with Crippen molar-refractivity contribution >= 4 is 23.9 Å². The SMILES string of the molecule is C=CCNC(=O)N1CCN(CCC(=O)OC)C12C(=O)N(CC=C)C(=O)N2CC=C. The number of urea groups is 2. The van der Waals surface area contributed by atoms with Crippen LogP contribution in [0.15, 0.2) is 38.0 Å². The van der Waals surface area contributed by atoms with Crippen molar-refractivity contribution in [1.82, 2.24) is 24.9 Å². The van der Waals surface area contributed by atoms with Crippen LogP contribution in [0.1, 0.15) is 6.42 Å². The highest BCUT2D eigenvalue weighted by Gasteiger charge is 2.67. The van der Waals surface area contributed by atoms with Gasteiger partial charge in [0, 0.05) is 39.3 Å². The van der Waals surface area contributed by atoms with Crippen molar-refractivity contribution in [2.24, 2.45) is 0 Å². The van der Waals surface area contributed by atoms with Gasteiger partial charge in [0.2, 0.25) is 0 Å². The van der Waals surface area contributed by atoms with Gasteiger partial charge in [0.15, 0.2) is 0 Å². The molecule has 1 atom stereocenters. The van der Waals surface area contributed by atoms with Gasteiger partial charge in [-0.25, -0.2) is 9.59 Å². The minimum absolute atomic E-state index is 0.0000179. The Balaban J connectivity index is 2.52. The maximum Gasteiger partial charge on any atom is 0.330 e. The van der Waals surface area contributed by atoms with Crippen molar-refractivity contribution in [2.45, 2.75) is 12.2 Å². The molecule has 29 heavy (non-hydrogen) atoms. The predicted octanol–water partition coefficient (Wildman–Crippen LogP) is 0.353. The highest BCUT2D eigenvalue weighted by Crippen LogP contribution is 2.38. The fraction of sp³-hybridized carbons (Fsp3) is 0.474. The average Bonchev–Trinajstić information content (AvgIpc) is 3.19. The standard InChI is InChI=1S/C19H27N5O5/c1-5-9-20-17(27)23-14-13-21(12-8-15(25)29-4)19(23)16(26)22(10-6-2)18(28)24(19)11-7-3/h5-7H,1-3,8-14H2,4H3,(H,20,27). The second-order valence-corrected chi connectivity index (χ2v) is 6.46. The number of nitrogens with zero attached hydrogens (tertiary/aromatic N) is 4. The molecule has 10 heteroatoms. The molecule has 0 aliphatic carbocycles. The smallest absolute Gasteiger partial charge is 0.330 e. The first-order chi connectivity index (χ1) is 13.9. The van der Waals surface area contributed by atoms with E-state index >= 15 is 0 Å². The van der Waals surface area contributed by atoms with E-state index in [1.165, 1.54) is 35.1 Å². The number of esters is 1. The fourth-order valence-electron chi connectivity index (χ4n) is 3.65. The van der Waals surface area contributed by atoms with Crippen LogP contribution in [0.2, 0.25) is 0 Å². The normalized spacial score (nSPS) is 21.6. The van der Waals surface area contributed by atoms with Crippen LogP contribution >= 0.6 is 0 Å². The molecule has 2 aliphatic heterocycles. The number of methoxy groups -OCH3 is 1. The average molecular weight is 405 g/mol. The van der Waals surface area contributed by atoms with E-state index < -0.39 is 29.7 Å². The van der Waals surface area contributed by atoms with Gasteiger partial charge in [-0.2, -0.15) is 0 Å². The second kappa shape index (κ2) is 9.37. The number of carbonyl (C=O) groups is 4. The van der Waals surface area contributed by atoms with Crippen LogP contribution in [0.4, 0.5) is 9.59 Å². The Labute approximate surface area is 170 Å². The molecule has 158 valence electrons. The summed E-state index contributed by atoms with van der Waals surface area (Å²) in [6.07, 6.45) is 4.45. The van der Waals surface area contributed by atoms with E-state index in [-0.39, 0.29) is 39.1 Å². The molecule has 0 radical (unpaired) electrons. The number of ether oxygens (including phenoxy) is 1. The number of hydrogen-bond acceptors (Lipinski definition) is 6. The van der Waals surface area contributed by atoms with Crippen molar-refractivity contribution in [1.29, 1.82) is 0 Å². The summed E-state index contributed by atoms with van der Waals surface area (Å²) >= 11 is 0. The predicted molar refractivity (Wildman–Crippen MR) is 105 cm³/mol. The summed E-state index contributed by atoms with van der Waals surface area (Å²) < 4.78 is 4.70. The number of amides is 5. The van der Waals surface area contributed by atoms with Crippen molar-refractivity contribution in [3.63, 3.8) is 0 Å². The largest absolute Gasteiger partial charge is 0.469 e. The first-order valence-corrected chi connectivity index (χ1v) is 9.23. The first kappa shape index (κ1) is 22.2. The Kier molecular flexibility index (Phi) is 7.16. The van der Waals surface area contributed by atoms with Crippen molar-refractivity contribution in [2.75, 3.05) is 46.4 Å². The lowest BCUT2D eigenvalue weighted by atomic mass is 10.2. The lowest BCUT2D eigenvalue weighted by Crippen LogP contribution is -2.69. The quantitative estimate of drug-likeness (QED) is 0.337. The highest BCUT2D eigenvalue weighted by molar-refractivity contribution is 6.08. The van der Waals surface area contributed by atoms with E-state index in [0.29, 0.717) is 6.54 Å².